The molecule has 2 rings (SSSR count). The number of hydrogen-bond acceptors (Lipinski definition) is 4. The molecule has 0 saturated carbocycles. The van der Waals surface area contributed by atoms with Gasteiger partial charge in [0.2, 0.25) is 0 Å². The molecule has 0 saturated heterocycles. The van der Waals surface area contributed by atoms with E-state index in [9.17, 15) is 5.11 Å². The second-order valence-electron chi connectivity index (χ2n) is 4.11. The number of aromatic nitrogens is 2. The van der Waals surface area contributed by atoms with Gasteiger partial charge < -0.3 is 10.8 Å². The minimum atomic E-state index is 0.0395. The van der Waals surface area contributed by atoms with Crippen molar-refractivity contribution in [1.29, 1.82) is 0 Å². The van der Waals surface area contributed by atoms with Crippen molar-refractivity contribution in [1.82, 2.24) is 9.97 Å². The zero-order chi connectivity index (χ0) is 14.0. The molecule has 0 aliphatic heterocycles. The van der Waals surface area contributed by atoms with Crippen LogP contribution in [0.25, 0.3) is 11.4 Å². The maximum absolute atomic E-state index is 9.43. The van der Waals surface area contributed by atoms with Crippen molar-refractivity contribution in [2.75, 3.05) is 5.73 Å². The van der Waals surface area contributed by atoms with Gasteiger partial charge in [-0.3, -0.25) is 0 Å². The van der Waals surface area contributed by atoms with E-state index < -0.39 is 0 Å². The summed E-state index contributed by atoms with van der Waals surface area (Å²) in [7, 11) is 0. The number of benzene rings is 1. The second kappa shape index (κ2) is 5.92. The number of nitrogen functional groups attached to an aromatic ring is 1. The molecule has 0 aliphatic carbocycles. The molecule has 2 aromatic rings. The van der Waals surface area contributed by atoms with E-state index in [1.807, 2.05) is 0 Å². The van der Waals surface area contributed by atoms with Crippen molar-refractivity contribution in [2.45, 2.75) is 19.8 Å². The normalized spacial score (nSPS) is 10.7. The number of anilines is 1. The molecule has 0 radical (unpaired) electrons. The molecule has 0 fully saturated rings. The lowest BCUT2D eigenvalue weighted by atomic mass is 10.2. The first-order valence-corrected chi connectivity index (χ1v) is 7.29. The highest BCUT2D eigenvalue weighted by Crippen LogP contribution is 2.29. The molecule has 0 amide bonds. The van der Waals surface area contributed by atoms with Crippen LogP contribution in [0.1, 0.15) is 19.0 Å². The van der Waals surface area contributed by atoms with Crippen molar-refractivity contribution < 1.29 is 5.11 Å². The molecule has 6 heteroatoms. The molecule has 100 valence electrons. The van der Waals surface area contributed by atoms with Gasteiger partial charge in [-0.05, 0) is 47.2 Å². The Balaban J connectivity index is 2.52. The molecule has 0 unspecified atom stereocenters. The van der Waals surface area contributed by atoms with Crippen LogP contribution in [0.4, 0.5) is 5.82 Å². The van der Waals surface area contributed by atoms with Gasteiger partial charge in [0.25, 0.3) is 0 Å². The monoisotopic (exact) mass is 389 g/mol. The van der Waals surface area contributed by atoms with E-state index >= 15 is 0 Å². The lowest BCUT2D eigenvalue weighted by molar-refractivity contribution is 0.475. The number of rotatable bonds is 3. The predicted octanol–water partition coefficient (Wildman–Crippen LogP) is 3.64. The third kappa shape index (κ3) is 3.09. The van der Waals surface area contributed by atoms with Crippen LogP contribution in [0.3, 0.4) is 0 Å². The minimum Gasteiger partial charge on any atom is -0.506 e. The number of phenols is 1. The van der Waals surface area contributed by atoms with Crippen LogP contribution in [-0.4, -0.2) is 15.1 Å². The SMILES string of the molecule is CCCc1nc(-c2ccc(O)c(Cl)c2)nc(N)c1I. The predicted molar refractivity (Wildman–Crippen MR) is 85.3 cm³/mol. The summed E-state index contributed by atoms with van der Waals surface area (Å²) in [6.07, 6.45) is 1.84. The Morgan fingerprint density at radius 1 is 1.37 bits per heavy atom. The van der Waals surface area contributed by atoms with Crippen molar-refractivity contribution in [2.24, 2.45) is 0 Å². The van der Waals surface area contributed by atoms with Gasteiger partial charge in [-0.25, -0.2) is 9.97 Å². The number of phenolic OH excluding ortho intramolecular Hbond substituents is 1. The van der Waals surface area contributed by atoms with E-state index in [4.69, 9.17) is 17.3 Å². The fraction of sp³-hybridized carbons (Fsp3) is 0.231. The van der Waals surface area contributed by atoms with Crippen molar-refractivity contribution in [3.05, 3.63) is 32.5 Å². The summed E-state index contributed by atoms with van der Waals surface area (Å²) in [5.74, 6) is 1.04. The summed E-state index contributed by atoms with van der Waals surface area (Å²) in [4.78, 5) is 8.80. The summed E-state index contributed by atoms with van der Waals surface area (Å²) in [6.45, 7) is 2.09. The summed E-state index contributed by atoms with van der Waals surface area (Å²) in [5.41, 5.74) is 7.59. The first-order chi connectivity index (χ1) is 9.02. The zero-order valence-electron chi connectivity index (χ0n) is 10.3. The van der Waals surface area contributed by atoms with E-state index in [0.29, 0.717) is 11.6 Å². The van der Waals surface area contributed by atoms with Crippen LogP contribution in [-0.2, 0) is 6.42 Å². The molecule has 0 aliphatic rings. The lowest BCUT2D eigenvalue weighted by Gasteiger charge is -2.09. The fourth-order valence-electron chi connectivity index (χ4n) is 1.69. The van der Waals surface area contributed by atoms with E-state index in [1.165, 1.54) is 6.07 Å². The van der Waals surface area contributed by atoms with Gasteiger partial charge in [0.05, 0.1) is 14.3 Å². The number of nitrogens with zero attached hydrogens (tertiary/aromatic N) is 2. The van der Waals surface area contributed by atoms with Crippen LogP contribution in [0.2, 0.25) is 5.02 Å². The van der Waals surface area contributed by atoms with Crippen LogP contribution in [0.15, 0.2) is 18.2 Å². The molecule has 0 atom stereocenters. The molecule has 1 heterocycles. The smallest absolute Gasteiger partial charge is 0.161 e. The quantitative estimate of drug-likeness (QED) is 0.786. The number of aryl methyl sites for hydroxylation is 1. The van der Waals surface area contributed by atoms with Crippen molar-refractivity contribution in [3.63, 3.8) is 0 Å². The molecule has 19 heavy (non-hydrogen) atoms. The summed E-state index contributed by atoms with van der Waals surface area (Å²) in [5, 5.41) is 9.70. The first kappa shape index (κ1) is 14.3. The molecular weight excluding hydrogens is 377 g/mol. The number of nitrogens with two attached hydrogens (primary N) is 1. The standard InChI is InChI=1S/C13H13ClIN3O/c1-2-3-9-11(15)12(16)18-13(17-9)7-4-5-10(19)8(14)6-7/h4-6,19H,2-3H2,1H3,(H2,16,17,18). The Morgan fingerprint density at radius 2 is 2.11 bits per heavy atom. The summed E-state index contributed by atoms with van der Waals surface area (Å²) >= 11 is 8.06. The molecule has 3 N–H and O–H groups in total. The topological polar surface area (TPSA) is 72.0 Å². The van der Waals surface area contributed by atoms with Gasteiger partial charge in [0.15, 0.2) is 5.82 Å². The molecule has 4 nitrogen and oxygen atoms in total. The number of hydrogen-bond donors (Lipinski definition) is 2. The maximum atomic E-state index is 9.43. The van der Waals surface area contributed by atoms with E-state index in [2.05, 4.69) is 39.5 Å². The molecule has 0 bridgehead atoms. The first-order valence-electron chi connectivity index (χ1n) is 5.83. The van der Waals surface area contributed by atoms with E-state index in [0.717, 1.165) is 27.7 Å². The Hall–Kier alpha value is -1.08. The Labute approximate surface area is 130 Å². The average molecular weight is 390 g/mol. The minimum absolute atomic E-state index is 0.0395. The lowest BCUT2D eigenvalue weighted by Crippen LogP contribution is -2.05. The third-order valence-corrected chi connectivity index (χ3v) is 4.12. The van der Waals surface area contributed by atoms with Crippen LogP contribution in [0.5, 0.6) is 5.75 Å². The van der Waals surface area contributed by atoms with E-state index in [-0.39, 0.29) is 10.8 Å². The Morgan fingerprint density at radius 3 is 2.74 bits per heavy atom. The largest absolute Gasteiger partial charge is 0.506 e. The number of aromatic hydroxyl groups is 1. The van der Waals surface area contributed by atoms with Gasteiger partial charge in [-0.15, -0.1) is 0 Å². The van der Waals surface area contributed by atoms with Gasteiger partial charge in [-0.2, -0.15) is 0 Å². The number of halogens is 2. The molecular formula is C13H13ClIN3O. The van der Waals surface area contributed by atoms with Crippen LogP contribution < -0.4 is 5.73 Å². The Kier molecular flexibility index (Phi) is 4.46. The van der Waals surface area contributed by atoms with Crippen molar-refractivity contribution in [3.8, 4) is 17.1 Å². The summed E-state index contributed by atoms with van der Waals surface area (Å²) < 4.78 is 0.896. The van der Waals surface area contributed by atoms with Gasteiger partial charge in [0.1, 0.15) is 11.6 Å². The average Bonchev–Trinajstić information content (AvgIpc) is 2.38. The second-order valence-corrected chi connectivity index (χ2v) is 5.60. The molecule has 1 aromatic carbocycles. The third-order valence-electron chi connectivity index (χ3n) is 2.64. The zero-order valence-corrected chi connectivity index (χ0v) is 13.2. The molecule has 1 aromatic heterocycles. The van der Waals surface area contributed by atoms with Gasteiger partial charge in [0, 0.05) is 5.56 Å². The highest BCUT2D eigenvalue weighted by atomic mass is 127. The van der Waals surface area contributed by atoms with Crippen molar-refractivity contribution >= 4 is 40.0 Å². The molecule has 0 spiro atoms. The van der Waals surface area contributed by atoms with Gasteiger partial charge in [-0.1, -0.05) is 24.9 Å². The van der Waals surface area contributed by atoms with E-state index in [1.54, 1.807) is 12.1 Å². The van der Waals surface area contributed by atoms with Crippen LogP contribution >= 0.6 is 34.2 Å². The highest BCUT2D eigenvalue weighted by Gasteiger charge is 2.12. The Bertz CT molecular complexity index is 619. The van der Waals surface area contributed by atoms with Crippen LogP contribution in [0, 0.1) is 3.57 Å². The maximum Gasteiger partial charge on any atom is 0.161 e. The highest BCUT2D eigenvalue weighted by molar-refractivity contribution is 14.1. The van der Waals surface area contributed by atoms with Gasteiger partial charge >= 0.3 is 0 Å². The fourth-order valence-corrected chi connectivity index (χ4v) is 2.38. The summed E-state index contributed by atoms with van der Waals surface area (Å²) in [6, 6.07) is 4.88.